The van der Waals surface area contributed by atoms with Crippen LogP contribution in [0.3, 0.4) is 0 Å². The molecule has 1 aliphatic heterocycles. The van der Waals surface area contributed by atoms with E-state index in [1.807, 2.05) is 6.92 Å². The van der Waals surface area contributed by atoms with Gasteiger partial charge in [-0.3, -0.25) is 0 Å². The average Bonchev–Trinajstić information content (AvgIpc) is 2.28. The van der Waals surface area contributed by atoms with Crippen LogP contribution in [0.15, 0.2) is 0 Å². The molecule has 0 aliphatic carbocycles. The highest BCUT2D eigenvalue weighted by Gasteiger charge is 2.32. The maximum atomic E-state index is 11.9. The molecule has 2 N–H and O–H groups in total. The van der Waals surface area contributed by atoms with Crippen molar-refractivity contribution in [2.75, 3.05) is 31.1 Å². The predicted molar refractivity (Wildman–Crippen MR) is 71.8 cm³/mol. The zero-order valence-electron chi connectivity index (χ0n) is 10.7. The van der Waals surface area contributed by atoms with Crippen LogP contribution in [-0.4, -0.2) is 53.2 Å². The Kier molecular flexibility index (Phi) is 6.03. The Morgan fingerprint density at radius 3 is 2.28 bits per heavy atom. The lowest BCUT2D eigenvalue weighted by Gasteiger charge is -2.22. The lowest BCUT2D eigenvalue weighted by atomic mass is 10.2. The van der Waals surface area contributed by atoms with Crippen molar-refractivity contribution >= 4 is 19.9 Å². The molecule has 1 rings (SSSR count). The van der Waals surface area contributed by atoms with Crippen LogP contribution < -0.4 is 10.0 Å². The summed E-state index contributed by atoms with van der Waals surface area (Å²) in [6.07, 6.45) is 1.42. The zero-order valence-corrected chi connectivity index (χ0v) is 12.3. The summed E-state index contributed by atoms with van der Waals surface area (Å²) in [7, 11) is -6.39. The summed E-state index contributed by atoms with van der Waals surface area (Å²) in [5.41, 5.74) is 0. The molecule has 0 bridgehead atoms. The first-order chi connectivity index (χ1) is 8.37. The lowest BCUT2D eigenvalue weighted by Crippen LogP contribution is -2.42. The Bertz CT molecular complexity index is 430. The molecule has 1 heterocycles. The molecule has 108 valence electrons. The highest BCUT2D eigenvalue weighted by Crippen LogP contribution is 2.18. The van der Waals surface area contributed by atoms with Crippen molar-refractivity contribution in [1.29, 1.82) is 0 Å². The second kappa shape index (κ2) is 6.83. The van der Waals surface area contributed by atoms with Gasteiger partial charge in [-0.15, -0.1) is 0 Å². The molecule has 1 fully saturated rings. The minimum Gasteiger partial charge on any atom is -0.315 e. The van der Waals surface area contributed by atoms with Crippen LogP contribution in [0.2, 0.25) is 0 Å². The number of sulfone groups is 1. The van der Waals surface area contributed by atoms with E-state index >= 15 is 0 Å². The zero-order chi connectivity index (χ0) is 13.6. The third-order valence-corrected chi connectivity index (χ3v) is 6.64. The first-order valence-electron chi connectivity index (χ1n) is 6.27. The van der Waals surface area contributed by atoms with Gasteiger partial charge in [0.05, 0.1) is 16.8 Å². The number of hydrogen-bond acceptors (Lipinski definition) is 5. The van der Waals surface area contributed by atoms with Crippen molar-refractivity contribution < 1.29 is 16.8 Å². The number of hydrogen-bond donors (Lipinski definition) is 2. The lowest BCUT2D eigenvalue weighted by molar-refractivity contribution is 0.540. The van der Waals surface area contributed by atoms with E-state index in [-0.39, 0.29) is 24.3 Å². The standard InChI is InChI=1S/C10H22N2O4S2/c1-2-5-11-6-7-12-18(15,16)10-3-8-17(13,14)9-4-10/h10-12H,2-9H2,1H3. The van der Waals surface area contributed by atoms with Crippen molar-refractivity contribution in [2.45, 2.75) is 31.4 Å². The molecule has 0 unspecified atom stereocenters. The van der Waals surface area contributed by atoms with E-state index in [2.05, 4.69) is 10.0 Å². The summed E-state index contributed by atoms with van der Waals surface area (Å²) in [6.45, 7) is 3.85. The molecule has 0 aromatic heterocycles. The Balaban J connectivity index is 2.36. The van der Waals surface area contributed by atoms with Gasteiger partial charge >= 0.3 is 0 Å². The van der Waals surface area contributed by atoms with Gasteiger partial charge < -0.3 is 5.32 Å². The van der Waals surface area contributed by atoms with Crippen LogP contribution in [0.1, 0.15) is 26.2 Å². The third-order valence-electron chi connectivity index (χ3n) is 2.97. The van der Waals surface area contributed by atoms with E-state index in [4.69, 9.17) is 0 Å². The number of rotatable bonds is 7. The van der Waals surface area contributed by atoms with E-state index in [1.54, 1.807) is 0 Å². The van der Waals surface area contributed by atoms with Gasteiger partial charge in [0.2, 0.25) is 10.0 Å². The molecule has 6 nitrogen and oxygen atoms in total. The van der Waals surface area contributed by atoms with E-state index in [1.165, 1.54) is 0 Å². The van der Waals surface area contributed by atoms with Crippen LogP contribution in [0.5, 0.6) is 0 Å². The van der Waals surface area contributed by atoms with E-state index in [0.29, 0.717) is 13.1 Å². The fourth-order valence-electron chi connectivity index (χ4n) is 1.88. The smallest absolute Gasteiger partial charge is 0.214 e. The fourth-order valence-corrected chi connectivity index (χ4v) is 5.15. The Morgan fingerprint density at radius 1 is 1.11 bits per heavy atom. The van der Waals surface area contributed by atoms with E-state index < -0.39 is 25.1 Å². The van der Waals surface area contributed by atoms with Gasteiger partial charge in [-0.2, -0.15) is 0 Å². The Hall–Kier alpha value is -0.180. The summed E-state index contributed by atoms with van der Waals surface area (Å²) in [6, 6.07) is 0. The average molecular weight is 298 g/mol. The summed E-state index contributed by atoms with van der Waals surface area (Å²) in [5.74, 6) is -0.0423. The van der Waals surface area contributed by atoms with Crippen LogP contribution >= 0.6 is 0 Å². The molecule has 18 heavy (non-hydrogen) atoms. The van der Waals surface area contributed by atoms with E-state index in [0.717, 1.165) is 13.0 Å². The third kappa shape index (κ3) is 5.21. The minimum absolute atomic E-state index is 0.0212. The van der Waals surface area contributed by atoms with Crippen molar-refractivity contribution in [3.63, 3.8) is 0 Å². The van der Waals surface area contributed by atoms with Gasteiger partial charge in [0, 0.05) is 13.1 Å². The second-order valence-corrected chi connectivity index (χ2v) is 8.89. The normalized spacial score (nSPS) is 20.9. The fraction of sp³-hybridized carbons (Fsp3) is 1.00. The summed E-state index contributed by atoms with van der Waals surface area (Å²) < 4.78 is 48.8. The molecular weight excluding hydrogens is 276 g/mol. The molecule has 0 saturated carbocycles. The minimum atomic E-state index is -3.38. The predicted octanol–water partition coefficient (Wildman–Crippen LogP) is -0.517. The van der Waals surface area contributed by atoms with Crippen molar-refractivity contribution in [2.24, 2.45) is 0 Å². The monoisotopic (exact) mass is 298 g/mol. The molecule has 0 aromatic carbocycles. The first kappa shape index (κ1) is 15.9. The summed E-state index contributed by atoms with van der Waals surface area (Å²) in [5, 5.41) is 2.54. The molecule has 1 aliphatic rings. The molecular formula is C10H22N2O4S2. The largest absolute Gasteiger partial charge is 0.315 e. The first-order valence-corrected chi connectivity index (χ1v) is 9.64. The van der Waals surface area contributed by atoms with Gasteiger partial charge in [-0.05, 0) is 25.8 Å². The number of nitrogens with one attached hydrogen (secondary N) is 2. The molecule has 1 saturated heterocycles. The number of sulfonamides is 1. The highest BCUT2D eigenvalue weighted by molar-refractivity contribution is 7.92. The summed E-state index contributed by atoms with van der Waals surface area (Å²) >= 11 is 0. The van der Waals surface area contributed by atoms with Crippen LogP contribution in [-0.2, 0) is 19.9 Å². The quantitative estimate of drug-likeness (QED) is 0.617. The topological polar surface area (TPSA) is 92.3 Å². The van der Waals surface area contributed by atoms with Gasteiger partial charge in [0.1, 0.15) is 9.84 Å². The van der Waals surface area contributed by atoms with Crippen LogP contribution in [0, 0.1) is 0 Å². The van der Waals surface area contributed by atoms with Crippen LogP contribution in [0.25, 0.3) is 0 Å². The van der Waals surface area contributed by atoms with E-state index in [9.17, 15) is 16.8 Å². The van der Waals surface area contributed by atoms with Gasteiger partial charge in [0.15, 0.2) is 0 Å². The molecule has 8 heteroatoms. The van der Waals surface area contributed by atoms with Crippen molar-refractivity contribution in [3.8, 4) is 0 Å². The Morgan fingerprint density at radius 2 is 1.72 bits per heavy atom. The van der Waals surface area contributed by atoms with Gasteiger partial charge in [-0.25, -0.2) is 21.6 Å². The molecule has 0 atom stereocenters. The van der Waals surface area contributed by atoms with Gasteiger partial charge in [-0.1, -0.05) is 6.92 Å². The highest BCUT2D eigenvalue weighted by atomic mass is 32.2. The molecule has 0 aromatic rings. The molecule has 0 radical (unpaired) electrons. The maximum absolute atomic E-state index is 11.9. The SMILES string of the molecule is CCCNCCNS(=O)(=O)C1CCS(=O)(=O)CC1. The van der Waals surface area contributed by atoms with Crippen molar-refractivity contribution in [3.05, 3.63) is 0 Å². The maximum Gasteiger partial charge on any atom is 0.214 e. The summed E-state index contributed by atoms with van der Waals surface area (Å²) in [4.78, 5) is 0. The Labute approximate surface area is 110 Å². The molecule has 0 amide bonds. The van der Waals surface area contributed by atoms with Crippen molar-refractivity contribution in [1.82, 2.24) is 10.0 Å². The molecule has 0 spiro atoms. The van der Waals surface area contributed by atoms with Crippen LogP contribution in [0.4, 0.5) is 0 Å². The van der Waals surface area contributed by atoms with Gasteiger partial charge in [0.25, 0.3) is 0 Å². The second-order valence-electron chi connectivity index (χ2n) is 4.54.